The maximum absolute atomic E-state index is 11.9. The van der Waals surface area contributed by atoms with Crippen molar-refractivity contribution in [2.24, 2.45) is 5.92 Å². The monoisotopic (exact) mass is 377 g/mol. The Morgan fingerprint density at radius 1 is 1.18 bits per heavy atom. The number of aryl methyl sites for hydroxylation is 1. The van der Waals surface area contributed by atoms with Crippen molar-refractivity contribution >= 4 is 22.9 Å². The Bertz CT molecular complexity index is 905. The minimum absolute atomic E-state index is 0.0641. The minimum Gasteiger partial charge on any atom is -0.462 e. The van der Waals surface area contributed by atoms with Gasteiger partial charge in [-0.25, -0.2) is 4.79 Å². The minimum atomic E-state index is -0.283. The van der Waals surface area contributed by atoms with Gasteiger partial charge in [0, 0.05) is 11.4 Å². The second kappa shape index (κ2) is 7.83. The third-order valence-corrected chi connectivity index (χ3v) is 5.40. The van der Waals surface area contributed by atoms with E-state index in [-0.39, 0.29) is 11.4 Å². The summed E-state index contributed by atoms with van der Waals surface area (Å²) < 4.78 is 5.07. The lowest BCUT2D eigenvalue weighted by atomic mass is 9.70. The lowest BCUT2D eigenvalue weighted by Gasteiger charge is -2.36. The van der Waals surface area contributed by atoms with E-state index >= 15 is 0 Å². The van der Waals surface area contributed by atoms with E-state index in [9.17, 15) is 4.79 Å². The maximum atomic E-state index is 11.9. The molecule has 0 aromatic heterocycles. The smallest absolute Gasteiger partial charge is 0.338 e. The van der Waals surface area contributed by atoms with E-state index in [1.54, 1.807) is 0 Å². The second-order valence-electron chi connectivity index (χ2n) is 8.56. The van der Waals surface area contributed by atoms with E-state index in [1.807, 2.05) is 31.2 Å². The quantitative estimate of drug-likeness (QED) is 0.594. The summed E-state index contributed by atoms with van der Waals surface area (Å²) in [7, 11) is 0. The summed E-state index contributed by atoms with van der Waals surface area (Å²) in [5.41, 5.74) is 8.16. The fourth-order valence-corrected chi connectivity index (χ4v) is 4.03. The molecular formula is C25H31NO2. The van der Waals surface area contributed by atoms with Gasteiger partial charge in [0.15, 0.2) is 0 Å². The van der Waals surface area contributed by atoms with Crippen LogP contribution in [0, 0.1) is 12.8 Å². The molecule has 3 nitrogen and oxygen atoms in total. The second-order valence-corrected chi connectivity index (χ2v) is 8.56. The molecule has 3 heteroatoms. The summed E-state index contributed by atoms with van der Waals surface area (Å²) in [6.07, 6.45) is 3.44. The van der Waals surface area contributed by atoms with Crippen LogP contribution in [-0.2, 0) is 10.2 Å². The van der Waals surface area contributed by atoms with Gasteiger partial charge >= 0.3 is 5.97 Å². The molecule has 0 unspecified atom stereocenters. The predicted molar refractivity (Wildman–Crippen MR) is 117 cm³/mol. The molecule has 0 amide bonds. The van der Waals surface area contributed by atoms with Gasteiger partial charge in [-0.3, -0.25) is 0 Å². The number of hydrogen-bond donors (Lipinski definition) is 1. The number of nitrogens with one attached hydrogen (secondary N) is 1. The van der Waals surface area contributed by atoms with E-state index in [0.717, 1.165) is 17.8 Å². The van der Waals surface area contributed by atoms with Crippen LogP contribution in [0.3, 0.4) is 0 Å². The van der Waals surface area contributed by atoms with Gasteiger partial charge < -0.3 is 10.1 Å². The number of anilines is 2. The zero-order valence-corrected chi connectivity index (χ0v) is 17.8. The Morgan fingerprint density at radius 2 is 1.86 bits per heavy atom. The van der Waals surface area contributed by atoms with E-state index < -0.39 is 0 Å². The highest BCUT2D eigenvalue weighted by atomic mass is 16.5. The zero-order chi connectivity index (χ0) is 20.5. The van der Waals surface area contributed by atoms with Crippen LogP contribution < -0.4 is 5.32 Å². The van der Waals surface area contributed by atoms with Crippen molar-refractivity contribution in [3.8, 4) is 0 Å². The normalized spacial score (nSPS) is 15.0. The summed E-state index contributed by atoms with van der Waals surface area (Å²) in [5.74, 6) is 0.211. The molecule has 2 aromatic carbocycles. The number of allylic oxidation sites excluding steroid dienone is 2. The number of rotatable bonds is 5. The summed E-state index contributed by atoms with van der Waals surface area (Å²) >= 11 is 0. The van der Waals surface area contributed by atoms with Crippen LogP contribution in [0.4, 0.5) is 11.4 Å². The Balaban J connectivity index is 2.00. The van der Waals surface area contributed by atoms with Crippen LogP contribution in [0.1, 0.15) is 68.1 Å². The zero-order valence-electron chi connectivity index (χ0n) is 17.8. The number of carbonyl (C=O) groups excluding carboxylic acids is 1. The fraction of sp³-hybridized carbons (Fsp3) is 0.400. The van der Waals surface area contributed by atoms with Crippen LogP contribution in [0.5, 0.6) is 0 Å². The topological polar surface area (TPSA) is 38.3 Å². The van der Waals surface area contributed by atoms with E-state index in [2.05, 4.69) is 58.1 Å². The van der Waals surface area contributed by atoms with Crippen molar-refractivity contribution in [2.45, 2.75) is 53.4 Å². The Morgan fingerprint density at radius 3 is 2.46 bits per heavy atom. The van der Waals surface area contributed by atoms with Crippen LogP contribution in [0.15, 0.2) is 42.5 Å². The van der Waals surface area contributed by atoms with Gasteiger partial charge in [0.25, 0.3) is 0 Å². The third kappa shape index (κ3) is 3.99. The van der Waals surface area contributed by atoms with Crippen LogP contribution in [-0.4, -0.2) is 12.6 Å². The molecule has 0 heterocycles. The molecule has 0 radical (unpaired) electrons. The summed E-state index contributed by atoms with van der Waals surface area (Å²) in [5, 5.41) is 3.61. The summed E-state index contributed by atoms with van der Waals surface area (Å²) in [6.45, 7) is 13.5. The number of esters is 1. The largest absolute Gasteiger partial charge is 0.462 e. The highest BCUT2D eigenvalue weighted by molar-refractivity contribution is 5.90. The molecule has 0 bridgehead atoms. The van der Waals surface area contributed by atoms with Crippen molar-refractivity contribution < 1.29 is 9.53 Å². The molecule has 1 aliphatic rings. The Kier molecular flexibility index (Phi) is 5.64. The number of benzene rings is 2. The average Bonchev–Trinajstić information content (AvgIpc) is 2.61. The fourth-order valence-electron chi connectivity index (χ4n) is 4.03. The summed E-state index contributed by atoms with van der Waals surface area (Å²) in [6, 6.07) is 12.0. The number of fused-ring (bicyclic) bond motifs is 1. The summed E-state index contributed by atoms with van der Waals surface area (Å²) in [4.78, 5) is 11.9. The van der Waals surface area contributed by atoms with Crippen molar-refractivity contribution in [3.63, 3.8) is 0 Å². The molecule has 0 fully saturated rings. The Labute approximate surface area is 168 Å². The van der Waals surface area contributed by atoms with Crippen LogP contribution in [0.25, 0.3) is 5.57 Å². The molecule has 3 rings (SSSR count). The predicted octanol–water partition coefficient (Wildman–Crippen LogP) is 6.64. The highest BCUT2D eigenvalue weighted by Gasteiger charge is 2.31. The lowest BCUT2D eigenvalue weighted by molar-refractivity contribution is 0.0526. The molecule has 0 aliphatic heterocycles. The van der Waals surface area contributed by atoms with Gasteiger partial charge in [0.1, 0.15) is 0 Å². The number of carbonyl (C=O) groups is 1. The number of ether oxygens (including phenoxy) is 1. The Hall–Kier alpha value is -2.55. The first-order valence-corrected chi connectivity index (χ1v) is 10.1. The maximum Gasteiger partial charge on any atom is 0.338 e. The van der Waals surface area contributed by atoms with Gasteiger partial charge in [-0.2, -0.15) is 0 Å². The van der Waals surface area contributed by atoms with E-state index in [1.165, 1.54) is 22.3 Å². The molecule has 0 atom stereocenters. The van der Waals surface area contributed by atoms with Crippen LogP contribution >= 0.6 is 0 Å². The number of hydrogen-bond acceptors (Lipinski definition) is 3. The van der Waals surface area contributed by atoms with Gasteiger partial charge in [-0.05, 0) is 84.2 Å². The van der Waals surface area contributed by atoms with Crippen LogP contribution in [0.2, 0.25) is 0 Å². The van der Waals surface area contributed by atoms with Crippen molar-refractivity contribution in [1.29, 1.82) is 0 Å². The molecule has 1 N–H and O–H groups in total. The molecule has 1 aliphatic carbocycles. The van der Waals surface area contributed by atoms with Gasteiger partial charge in [-0.15, -0.1) is 0 Å². The van der Waals surface area contributed by atoms with Crippen molar-refractivity contribution in [2.75, 3.05) is 11.9 Å². The highest BCUT2D eigenvalue weighted by Crippen LogP contribution is 2.46. The van der Waals surface area contributed by atoms with Crippen molar-refractivity contribution in [3.05, 3.63) is 64.7 Å². The molecule has 2 aromatic rings. The molecule has 0 spiro atoms. The first-order valence-electron chi connectivity index (χ1n) is 10.1. The first kappa shape index (κ1) is 20.2. The molecular weight excluding hydrogens is 346 g/mol. The first-order chi connectivity index (χ1) is 13.2. The lowest BCUT2D eigenvalue weighted by Crippen LogP contribution is -2.24. The van der Waals surface area contributed by atoms with Crippen molar-refractivity contribution in [1.82, 2.24) is 0 Å². The van der Waals surface area contributed by atoms with E-state index in [0.29, 0.717) is 18.1 Å². The molecule has 0 saturated heterocycles. The molecule has 148 valence electrons. The third-order valence-electron chi connectivity index (χ3n) is 5.40. The van der Waals surface area contributed by atoms with E-state index in [4.69, 9.17) is 4.74 Å². The van der Waals surface area contributed by atoms with Gasteiger partial charge in [0.05, 0.1) is 12.2 Å². The standard InChI is InChI=1S/C25H31NO2/c1-7-28-24(27)18-8-10-19(11-9-18)26-22-15-17(4)14-21-20(16(2)3)12-13-25(5,6)23(21)22/h8-12,14-16,26H,7,13H2,1-6H3. The molecule has 0 saturated carbocycles. The van der Waals surface area contributed by atoms with Gasteiger partial charge in [0.2, 0.25) is 0 Å². The SMILES string of the molecule is CCOC(=O)c1ccc(Nc2cc(C)cc3c2C(C)(C)CC=C3C(C)C)cc1. The van der Waals surface area contributed by atoms with Gasteiger partial charge in [-0.1, -0.05) is 39.8 Å². The molecule has 28 heavy (non-hydrogen) atoms. The average molecular weight is 378 g/mol.